The molecule has 1 amide bonds. The maximum atomic E-state index is 12.5. The van der Waals surface area contributed by atoms with E-state index in [1.807, 2.05) is 23.1 Å². The van der Waals surface area contributed by atoms with Gasteiger partial charge in [-0.15, -0.1) is 10.2 Å². The second-order valence-corrected chi connectivity index (χ2v) is 8.71. The van der Waals surface area contributed by atoms with Gasteiger partial charge in [0.1, 0.15) is 5.82 Å². The molecule has 2 aliphatic rings. The summed E-state index contributed by atoms with van der Waals surface area (Å²) in [6, 6.07) is 18.4. The monoisotopic (exact) mass is 404 g/mol. The number of benzene rings is 2. The molecule has 1 aliphatic carbocycles. The Labute approximate surface area is 175 Å². The Morgan fingerprint density at radius 2 is 1.69 bits per heavy atom. The third-order valence-electron chi connectivity index (χ3n) is 5.58. The molecule has 0 spiro atoms. The van der Waals surface area contributed by atoms with Crippen LogP contribution in [0.4, 0.5) is 0 Å². The second kappa shape index (κ2) is 8.03. The summed E-state index contributed by atoms with van der Waals surface area (Å²) in [5.74, 6) is 2.56. The van der Waals surface area contributed by atoms with Crippen molar-refractivity contribution in [2.45, 2.75) is 42.5 Å². The lowest BCUT2D eigenvalue weighted by Gasteiger charge is -2.15. The van der Waals surface area contributed by atoms with Crippen molar-refractivity contribution >= 4 is 17.7 Å². The summed E-state index contributed by atoms with van der Waals surface area (Å²) in [5, 5.41) is 9.90. The number of para-hydroxylation sites is 1. The van der Waals surface area contributed by atoms with Gasteiger partial charge in [-0.3, -0.25) is 9.36 Å². The Hall–Kier alpha value is -2.60. The minimum atomic E-state index is 0.152. The molecule has 1 saturated heterocycles. The zero-order valence-corrected chi connectivity index (χ0v) is 17.1. The van der Waals surface area contributed by atoms with Crippen LogP contribution < -0.4 is 0 Å². The standard InChI is InChI=1S/C23H24N4OS/c28-22(26-14-4-5-15-26)19-10-8-17(9-11-19)16-29-23-25-24-21(18-12-13-18)27(23)20-6-2-1-3-7-20/h1-3,6-11,18H,4-5,12-16H2. The third kappa shape index (κ3) is 3.94. The van der Waals surface area contributed by atoms with Crippen LogP contribution in [0.15, 0.2) is 59.8 Å². The molecule has 0 unspecified atom stereocenters. The van der Waals surface area contributed by atoms with Crippen LogP contribution >= 0.6 is 11.8 Å². The summed E-state index contributed by atoms with van der Waals surface area (Å²) in [4.78, 5) is 14.5. The molecule has 5 rings (SSSR count). The minimum absolute atomic E-state index is 0.152. The fraction of sp³-hybridized carbons (Fsp3) is 0.348. The van der Waals surface area contributed by atoms with Crippen LogP contribution in [0.25, 0.3) is 5.69 Å². The van der Waals surface area contributed by atoms with E-state index in [1.54, 1.807) is 11.8 Å². The molecule has 5 nitrogen and oxygen atoms in total. The zero-order valence-electron chi connectivity index (χ0n) is 16.3. The molecule has 3 aromatic rings. The predicted molar refractivity (Wildman–Crippen MR) is 114 cm³/mol. The van der Waals surface area contributed by atoms with Crippen molar-refractivity contribution in [2.75, 3.05) is 13.1 Å². The molecule has 6 heteroatoms. The molecule has 2 fully saturated rings. The smallest absolute Gasteiger partial charge is 0.253 e. The predicted octanol–water partition coefficient (Wildman–Crippen LogP) is 4.67. The molecule has 2 heterocycles. The fourth-order valence-electron chi connectivity index (χ4n) is 3.79. The number of hydrogen-bond acceptors (Lipinski definition) is 4. The fourth-order valence-corrected chi connectivity index (χ4v) is 4.71. The van der Waals surface area contributed by atoms with Crippen molar-refractivity contribution in [3.63, 3.8) is 0 Å². The van der Waals surface area contributed by atoms with E-state index in [4.69, 9.17) is 0 Å². The van der Waals surface area contributed by atoms with Crippen LogP contribution in [0.1, 0.15) is 53.3 Å². The van der Waals surface area contributed by atoms with Crippen molar-refractivity contribution in [2.24, 2.45) is 0 Å². The van der Waals surface area contributed by atoms with Crippen molar-refractivity contribution < 1.29 is 4.79 Å². The van der Waals surface area contributed by atoms with Gasteiger partial charge in [0.05, 0.1) is 0 Å². The number of likely N-dealkylation sites (tertiary alicyclic amines) is 1. The van der Waals surface area contributed by atoms with Crippen LogP contribution in [-0.4, -0.2) is 38.7 Å². The van der Waals surface area contributed by atoms with E-state index < -0.39 is 0 Å². The van der Waals surface area contributed by atoms with E-state index in [2.05, 4.69) is 51.2 Å². The maximum Gasteiger partial charge on any atom is 0.253 e. The minimum Gasteiger partial charge on any atom is -0.339 e. The average molecular weight is 405 g/mol. The second-order valence-electron chi connectivity index (χ2n) is 7.77. The van der Waals surface area contributed by atoms with Gasteiger partial charge in [-0.05, 0) is 55.5 Å². The van der Waals surface area contributed by atoms with Crippen molar-refractivity contribution in [1.29, 1.82) is 0 Å². The quantitative estimate of drug-likeness (QED) is 0.560. The lowest BCUT2D eigenvalue weighted by atomic mass is 10.1. The van der Waals surface area contributed by atoms with E-state index in [9.17, 15) is 4.79 Å². The van der Waals surface area contributed by atoms with E-state index in [0.717, 1.165) is 53.9 Å². The van der Waals surface area contributed by atoms with Gasteiger partial charge in [-0.2, -0.15) is 0 Å². The van der Waals surface area contributed by atoms with E-state index in [0.29, 0.717) is 5.92 Å². The molecule has 1 saturated carbocycles. The first-order valence-electron chi connectivity index (χ1n) is 10.3. The van der Waals surface area contributed by atoms with E-state index in [1.165, 1.54) is 18.4 Å². The molecule has 29 heavy (non-hydrogen) atoms. The van der Waals surface area contributed by atoms with Crippen LogP contribution in [0.2, 0.25) is 0 Å². The highest BCUT2D eigenvalue weighted by Gasteiger charge is 2.31. The highest BCUT2D eigenvalue weighted by atomic mass is 32.2. The molecule has 0 bridgehead atoms. The van der Waals surface area contributed by atoms with Gasteiger partial charge in [-0.25, -0.2) is 0 Å². The van der Waals surface area contributed by atoms with Crippen molar-refractivity contribution in [3.05, 3.63) is 71.5 Å². The molecule has 0 radical (unpaired) electrons. The number of rotatable bonds is 6. The number of aromatic nitrogens is 3. The van der Waals surface area contributed by atoms with Crippen LogP contribution in [0.5, 0.6) is 0 Å². The average Bonchev–Trinajstić information content (AvgIpc) is 3.29. The first-order valence-corrected chi connectivity index (χ1v) is 11.3. The highest BCUT2D eigenvalue weighted by Crippen LogP contribution is 2.41. The lowest BCUT2D eigenvalue weighted by molar-refractivity contribution is 0.0793. The Kier molecular flexibility index (Phi) is 5.10. The van der Waals surface area contributed by atoms with Gasteiger partial charge in [0.25, 0.3) is 5.91 Å². The first kappa shape index (κ1) is 18.4. The number of amides is 1. The molecular formula is C23H24N4OS. The summed E-state index contributed by atoms with van der Waals surface area (Å²) in [7, 11) is 0. The highest BCUT2D eigenvalue weighted by molar-refractivity contribution is 7.98. The summed E-state index contributed by atoms with van der Waals surface area (Å²) in [6.45, 7) is 1.77. The SMILES string of the molecule is O=C(c1ccc(CSc2nnc(C3CC3)n2-c2ccccc2)cc1)N1CCCC1. The van der Waals surface area contributed by atoms with Crippen LogP contribution in [0, 0.1) is 0 Å². The van der Waals surface area contributed by atoms with Crippen LogP contribution in [0.3, 0.4) is 0 Å². The molecule has 148 valence electrons. The number of thioether (sulfide) groups is 1. The van der Waals surface area contributed by atoms with E-state index in [-0.39, 0.29) is 5.91 Å². The molecule has 2 aromatic carbocycles. The molecule has 1 aromatic heterocycles. The largest absolute Gasteiger partial charge is 0.339 e. The number of hydrogen-bond donors (Lipinski definition) is 0. The number of carbonyl (C=O) groups is 1. The van der Waals surface area contributed by atoms with Crippen LogP contribution in [-0.2, 0) is 5.75 Å². The third-order valence-corrected chi connectivity index (χ3v) is 6.58. The Bertz CT molecular complexity index is 989. The number of carbonyl (C=O) groups excluding carboxylic acids is 1. The van der Waals surface area contributed by atoms with E-state index >= 15 is 0 Å². The normalized spacial score (nSPS) is 16.3. The van der Waals surface area contributed by atoms with Gasteiger partial charge < -0.3 is 4.90 Å². The van der Waals surface area contributed by atoms with Gasteiger partial charge in [0.15, 0.2) is 5.16 Å². The molecule has 0 N–H and O–H groups in total. The molecular weight excluding hydrogens is 380 g/mol. The Morgan fingerprint density at radius 1 is 0.966 bits per heavy atom. The maximum absolute atomic E-state index is 12.5. The number of nitrogens with zero attached hydrogens (tertiary/aromatic N) is 4. The zero-order chi connectivity index (χ0) is 19.6. The van der Waals surface area contributed by atoms with Gasteiger partial charge in [0.2, 0.25) is 0 Å². The van der Waals surface area contributed by atoms with Crippen molar-refractivity contribution in [3.8, 4) is 5.69 Å². The topological polar surface area (TPSA) is 51.0 Å². The first-order chi connectivity index (χ1) is 14.3. The Morgan fingerprint density at radius 3 is 2.38 bits per heavy atom. The lowest BCUT2D eigenvalue weighted by Crippen LogP contribution is -2.27. The van der Waals surface area contributed by atoms with Gasteiger partial charge in [-0.1, -0.05) is 42.1 Å². The Balaban J connectivity index is 1.31. The summed E-state index contributed by atoms with van der Waals surface area (Å²) >= 11 is 1.69. The van der Waals surface area contributed by atoms with Gasteiger partial charge in [0, 0.05) is 36.0 Å². The summed E-state index contributed by atoms with van der Waals surface area (Å²) in [6.07, 6.45) is 4.63. The summed E-state index contributed by atoms with van der Waals surface area (Å²) < 4.78 is 2.20. The molecule has 0 atom stereocenters. The summed E-state index contributed by atoms with van der Waals surface area (Å²) in [5.41, 5.74) is 3.08. The van der Waals surface area contributed by atoms with Crippen molar-refractivity contribution in [1.82, 2.24) is 19.7 Å². The van der Waals surface area contributed by atoms with Gasteiger partial charge >= 0.3 is 0 Å². The molecule has 1 aliphatic heterocycles.